The number of fused-ring (bicyclic) bond motifs is 1. The van der Waals surface area contributed by atoms with Crippen molar-refractivity contribution in [3.63, 3.8) is 0 Å². The third kappa shape index (κ3) is 3.89. The van der Waals surface area contributed by atoms with Gasteiger partial charge in [-0.3, -0.25) is 4.79 Å². The lowest BCUT2D eigenvalue weighted by Crippen LogP contribution is -2.40. The van der Waals surface area contributed by atoms with Crippen LogP contribution >= 0.6 is 0 Å². The molecule has 1 fully saturated rings. The predicted molar refractivity (Wildman–Crippen MR) is 103 cm³/mol. The molecule has 0 saturated carbocycles. The number of carbonyl (C=O) groups excluding carboxylic acids is 1. The van der Waals surface area contributed by atoms with Crippen LogP contribution in [0.25, 0.3) is 11.0 Å². The Balaban J connectivity index is 1.29. The van der Waals surface area contributed by atoms with Gasteiger partial charge in [-0.15, -0.1) is 0 Å². The molecule has 0 unspecified atom stereocenters. The molecule has 2 heterocycles. The third-order valence-electron chi connectivity index (χ3n) is 5.06. The van der Waals surface area contributed by atoms with Gasteiger partial charge < -0.3 is 19.4 Å². The smallest absolute Gasteiger partial charge is 0.260 e. The number of methoxy groups -OCH3 is 1. The molecule has 0 bridgehead atoms. The Morgan fingerprint density at radius 1 is 1.11 bits per heavy atom. The Morgan fingerprint density at radius 2 is 1.81 bits per heavy atom. The van der Waals surface area contributed by atoms with Gasteiger partial charge >= 0.3 is 0 Å². The van der Waals surface area contributed by atoms with Gasteiger partial charge in [0.05, 0.1) is 18.1 Å². The van der Waals surface area contributed by atoms with Gasteiger partial charge in [-0.25, -0.2) is 4.98 Å². The van der Waals surface area contributed by atoms with Crippen molar-refractivity contribution in [1.82, 2.24) is 14.9 Å². The third-order valence-corrected chi connectivity index (χ3v) is 5.06. The molecule has 6 heteroatoms. The second-order valence-corrected chi connectivity index (χ2v) is 6.76. The predicted octanol–water partition coefficient (Wildman–Crippen LogP) is 3.36. The van der Waals surface area contributed by atoms with Gasteiger partial charge in [-0.2, -0.15) is 0 Å². The van der Waals surface area contributed by atoms with E-state index in [1.807, 2.05) is 41.3 Å². The number of imidazole rings is 1. The number of piperidine rings is 1. The normalized spacial score (nSPS) is 15.1. The van der Waals surface area contributed by atoms with Crippen LogP contribution in [0.3, 0.4) is 0 Å². The highest BCUT2D eigenvalue weighted by Crippen LogP contribution is 2.27. The number of rotatable bonds is 5. The molecule has 6 nitrogen and oxygen atoms in total. The number of nitrogens with one attached hydrogen (secondary N) is 1. The van der Waals surface area contributed by atoms with Crippen molar-refractivity contribution in [3.8, 4) is 11.5 Å². The Hall–Kier alpha value is -3.02. The van der Waals surface area contributed by atoms with E-state index in [1.165, 1.54) is 0 Å². The molecule has 27 heavy (non-hydrogen) atoms. The van der Waals surface area contributed by atoms with Crippen LogP contribution in [0.5, 0.6) is 11.5 Å². The van der Waals surface area contributed by atoms with Crippen LogP contribution in [-0.2, 0) is 4.79 Å². The summed E-state index contributed by atoms with van der Waals surface area (Å²) in [6.07, 6.45) is 1.82. The molecular formula is C21H23N3O3. The number of ether oxygens (including phenoxy) is 2. The van der Waals surface area contributed by atoms with Crippen LogP contribution in [0.4, 0.5) is 0 Å². The Kier molecular flexibility index (Phi) is 4.96. The average molecular weight is 365 g/mol. The molecule has 0 aliphatic carbocycles. The van der Waals surface area contributed by atoms with Crippen LogP contribution in [0.15, 0.2) is 48.5 Å². The zero-order valence-electron chi connectivity index (χ0n) is 15.4. The number of hydrogen-bond donors (Lipinski definition) is 1. The van der Waals surface area contributed by atoms with E-state index in [2.05, 4.69) is 4.98 Å². The molecule has 0 spiro atoms. The van der Waals surface area contributed by atoms with E-state index in [9.17, 15) is 4.79 Å². The van der Waals surface area contributed by atoms with E-state index in [1.54, 1.807) is 19.2 Å². The first-order valence-electron chi connectivity index (χ1n) is 9.22. The van der Waals surface area contributed by atoms with Gasteiger partial charge in [0.25, 0.3) is 5.91 Å². The fourth-order valence-corrected chi connectivity index (χ4v) is 3.48. The van der Waals surface area contributed by atoms with E-state index < -0.39 is 0 Å². The summed E-state index contributed by atoms with van der Waals surface area (Å²) in [6.45, 7) is 1.51. The first-order chi connectivity index (χ1) is 13.2. The minimum Gasteiger partial charge on any atom is -0.497 e. The van der Waals surface area contributed by atoms with Gasteiger partial charge in [-0.1, -0.05) is 12.1 Å². The zero-order chi connectivity index (χ0) is 18.6. The van der Waals surface area contributed by atoms with Crippen molar-refractivity contribution in [3.05, 3.63) is 54.4 Å². The van der Waals surface area contributed by atoms with Crippen LogP contribution < -0.4 is 9.47 Å². The summed E-state index contributed by atoms with van der Waals surface area (Å²) in [5.74, 6) is 2.85. The van der Waals surface area contributed by atoms with Crippen LogP contribution in [0.2, 0.25) is 0 Å². The highest BCUT2D eigenvalue weighted by molar-refractivity contribution is 5.78. The molecule has 140 valence electrons. The van der Waals surface area contributed by atoms with Crippen LogP contribution in [0.1, 0.15) is 24.6 Å². The fraction of sp³-hybridized carbons (Fsp3) is 0.333. The van der Waals surface area contributed by atoms with Gasteiger partial charge in [0.1, 0.15) is 17.3 Å². The van der Waals surface area contributed by atoms with Gasteiger partial charge in [0, 0.05) is 19.0 Å². The molecule has 1 aliphatic rings. The van der Waals surface area contributed by atoms with E-state index in [-0.39, 0.29) is 12.5 Å². The molecule has 1 N–H and O–H groups in total. The largest absolute Gasteiger partial charge is 0.497 e. The van der Waals surface area contributed by atoms with Gasteiger partial charge in [-0.05, 0) is 49.2 Å². The minimum atomic E-state index is 0.0221. The highest BCUT2D eigenvalue weighted by atomic mass is 16.5. The van der Waals surface area contributed by atoms with Crippen molar-refractivity contribution in [1.29, 1.82) is 0 Å². The maximum Gasteiger partial charge on any atom is 0.260 e. The number of carbonyl (C=O) groups is 1. The number of para-hydroxylation sites is 2. The molecule has 0 radical (unpaired) electrons. The maximum atomic E-state index is 12.4. The van der Waals surface area contributed by atoms with Crippen molar-refractivity contribution in [2.45, 2.75) is 18.8 Å². The number of likely N-dealkylation sites (tertiary alicyclic amines) is 1. The van der Waals surface area contributed by atoms with Crippen molar-refractivity contribution in [2.24, 2.45) is 0 Å². The average Bonchev–Trinajstić information content (AvgIpc) is 3.17. The molecule has 1 aliphatic heterocycles. The molecule has 1 saturated heterocycles. The summed E-state index contributed by atoms with van der Waals surface area (Å²) in [6, 6.07) is 15.3. The van der Waals surface area contributed by atoms with Crippen LogP contribution in [0, 0.1) is 0 Å². The van der Waals surface area contributed by atoms with E-state index >= 15 is 0 Å². The van der Waals surface area contributed by atoms with Crippen molar-refractivity contribution < 1.29 is 14.3 Å². The molecule has 1 aromatic heterocycles. The Bertz CT molecular complexity index is 879. The second kappa shape index (κ2) is 7.70. The molecule has 3 aromatic rings. The maximum absolute atomic E-state index is 12.4. The summed E-state index contributed by atoms with van der Waals surface area (Å²) in [5, 5.41) is 0. The number of nitrogens with zero attached hydrogens (tertiary/aromatic N) is 2. The molecule has 2 aromatic carbocycles. The standard InChI is InChI=1S/C21H23N3O3/c1-26-16-6-8-17(9-7-16)27-14-20(25)24-12-10-15(11-13-24)21-22-18-4-2-3-5-19(18)23-21/h2-9,15H,10-14H2,1H3,(H,22,23). The second-order valence-electron chi connectivity index (χ2n) is 6.76. The number of H-pyrrole nitrogens is 1. The summed E-state index contributed by atoms with van der Waals surface area (Å²) in [7, 11) is 1.62. The first-order valence-corrected chi connectivity index (χ1v) is 9.22. The Morgan fingerprint density at radius 3 is 2.52 bits per heavy atom. The summed E-state index contributed by atoms with van der Waals surface area (Å²) in [5.41, 5.74) is 2.07. The monoisotopic (exact) mass is 365 g/mol. The first kappa shape index (κ1) is 17.4. The Labute approximate surface area is 158 Å². The lowest BCUT2D eigenvalue weighted by Gasteiger charge is -2.31. The summed E-state index contributed by atoms with van der Waals surface area (Å²) < 4.78 is 10.7. The topological polar surface area (TPSA) is 67.5 Å². The zero-order valence-corrected chi connectivity index (χ0v) is 15.4. The lowest BCUT2D eigenvalue weighted by molar-refractivity contribution is -0.134. The van der Waals surface area contributed by atoms with E-state index in [0.717, 1.165) is 48.5 Å². The molecule has 0 atom stereocenters. The van der Waals surface area contributed by atoms with E-state index in [0.29, 0.717) is 11.7 Å². The van der Waals surface area contributed by atoms with Gasteiger partial charge in [0.15, 0.2) is 6.61 Å². The van der Waals surface area contributed by atoms with E-state index in [4.69, 9.17) is 14.5 Å². The lowest BCUT2D eigenvalue weighted by atomic mass is 9.96. The number of benzene rings is 2. The molecule has 1 amide bonds. The van der Waals surface area contributed by atoms with Crippen molar-refractivity contribution in [2.75, 3.05) is 26.8 Å². The van der Waals surface area contributed by atoms with Crippen LogP contribution in [-0.4, -0.2) is 47.6 Å². The SMILES string of the molecule is COc1ccc(OCC(=O)N2CCC(c3nc4ccccc4[nH]3)CC2)cc1. The van der Waals surface area contributed by atoms with Crippen molar-refractivity contribution >= 4 is 16.9 Å². The highest BCUT2D eigenvalue weighted by Gasteiger charge is 2.25. The number of amides is 1. The number of aromatic nitrogens is 2. The molecular weight excluding hydrogens is 342 g/mol. The number of hydrogen-bond acceptors (Lipinski definition) is 4. The molecule has 4 rings (SSSR count). The quantitative estimate of drug-likeness (QED) is 0.753. The summed E-state index contributed by atoms with van der Waals surface area (Å²) in [4.78, 5) is 22.4. The van der Waals surface area contributed by atoms with Gasteiger partial charge in [0.2, 0.25) is 0 Å². The minimum absolute atomic E-state index is 0.0221. The fourth-order valence-electron chi connectivity index (χ4n) is 3.48. The summed E-state index contributed by atoms with van der Waals surface area (Å²) >= 11 is 0. The number of aromatic amines is 1.